The molecule has 0 spiro atoms. The fourth-order valence-corrected chi connectivity index (χ4v) is 5.39. The summed E-state index contributed by atoms with van der Waals surface area (Å²) >= 11 is -1.81. The van der Waals surface area contributed by atoms with E-state index in [2.05, 4.69) is 14.8 Å². The fourth-order valence-electron chi connectivity index (χ4n) is 4.64. The lowest BCUT2D eigenvalue weighted by Crippen LogP contribution is -2.55. The summed E-state index contributed by atoms with van der Waals surface area (Å²) in [6, 6.07) is 12.3. The minimum absolute atomic E-state index is 0.0863. The summed E-state index contributed by atoms with van der Waals surface area (Å²) in [5.74, 6) is 0.706. The second-order valence-corrected chi connectivity index (χ2v) is 9.86. The molecule has 2 heterocycles. The molecule has 2 aromatic rings. The van der Waals surface area contributed by atoms with Crippen LogP contribution in [0.15, 0.2) is 58.4 Å². The van der Waals surface area contributed by atoms with Crippen molar-refractivity contribution >= 4 is 17.0 Å². The van der Waals surface area contributed by atoms with Crippen LogP contribution in [0, 0.1) is 0 Å². The molecule has 1 aliphatic carbocycles. The van der Waals surface area contributed by atoms with E-state index in [4.69, 9.17) is 4.28 Å². The predicted octanol–water partition coefficient (Wildman–Crippen LogP) is 4.17. The van der Waals surface area contributed by atoms with Gasteiger partial charge in [0.1, 0.15) is 0 Å². The molecule has 2 aliphatic heterocycles. The molecule has 5 rings (SSSR count). The molecule has 0 bridgehead atoms. The molecule has 0 N–H and O–H groups in total. The standard InChI is InChI=1S/C24H27F3N4O2S/c25-24(26,27)22-7-2-1-6-21(22)18-8-10-20(11-9-18)34(32)33-31-13-12-28-23(31)30-16-14-29(15-17-30)19-4-3-5-19/h1-2,6-11,19H,3-5,12-17H2. The Hall–Kier alpha value is -2.43. The van der Waals surface area contributed by atoms with Crippen molar-refractivity contribution < 1.29 is 21.7 Å². The van der Waals surface area contributed by atoms with Crippen molar-refractivity contribution in [1.82, 2.24) is 14.9 Å². The largest absolute Gasteiger partial charge is 0.417 e. The topological polar surface area (TPSA) is 48.4 Å². The van der Waals surface area contributed by atoms with Crippen LogP contribution in [-0.2, 0) is 21.5 Å². The summed E-state index contributed by atoms with van der Waals surface area (Å²) in [7, 11) is 0. The molecule has 2 aromatic carbocycles. The minimum Gasteiger partial charge on any atom is -0.338 e. The van der Waals surface area contributed by atoms with E-state index >= 15 is 0 Å². The summed E-state index contributed by atoms with van der Waals surface area (Å²) in [5, 5.41) is 1.59. The molecule has 1 unspecified atom stereocenters. The molecule has 0 aromatic heterocycles. The second kappa shape index (κ2) is 9.67. The number of hydroxylamine groups is 2. The van der Waals surface area contributed by atoms with Crippen LogP contribution in [0.1, 0.15) is 24.8 Å². The third-order valence-corrected chi connectivity index (χ3v) is 7.69. The third kappa shape index (κ3) is 4.85. The Morgan fingerprint density at radius 2 is 1.65 bits per heavy atom. The molecule has 0 radical (unpaired) electrons. The predicted molar refractivity (Wildman–Crippen MR) is 124 cm³/mol. The Morgan fingerprint density at radius 3 is 2.29 bits per heavy atom. The van der Waals surface area contributed by atoms with Gasteiger partial charge in [-0.25, -0.2) is 14.3 Å². The van der Waals surface area contributed by atoms with Crippen LogP contribution in [-0.4, -0.2) is 70.3 Å². The Kier molecular flexibility index (Phi) is 6.63. The van der Waals surface area contributed by atoms with Crippen molar-refractivity contribution in [1.29, 1.82) is 0 Å². The van der Waals surface area contributed by atoms with E-state index in [0.717, 1.165) is 38.3 Å². The van der Waals surface area contributed by atoms with Crippen LogP contribution >= 0.6 is 0 Å². The molecular formula is C24H27F3N4O2S. The van der Waals surface area contributed by atoms with Gasteiger partial charge in [0.25, 0.3) is 0 Å². The first-order valence-corrected chi connectivity index (χ1v) is 12.7. The van der Waals surface area contributed by atoms with Crippen molar-refractivity contribution in [2.24, 2.45) is 4.99 Å². The van der Waals surface area contributed by atoms with Gasteiger partial charge in [0, 0.05) is 32.2 Å². The minimum atomic E-state index is -4.45. The molecule has 182 valence electrons. The highest BCUT2D eigenvalue weighted by Crippen LogP contribution is 2.37. The van der Waals surface area contributed by atoms with E-state index in [1.54, 1.807) is 35.4 Å². The van der Waals surface area contributed by atoms with Gasteiger partial charge < -0.3 is 4.90 Å². The zero-order chi connectivity index (χ0) is 23.7. The zero-order valence-electron chi connectivity index (χ0n) is 18.7. The molecular weight excluding hydrogens is 465 g/mol. The zero-order valence-corrected chi connectivity index (χ0v) is 19.5. The molecule has 1 atom stereocenters. The Morgan fingerprint density at radius 1 is 0.941 bits per heavy atom. The number of guanidine groups is 1. The number of hydrogen-bond donors (Lipinski definition) is 0. The Labute approximate surface area is 199 Å². The molecule has 6 nitrogen and oxygen atoms in total. The summed E-state index contributed by atoms with van der Waals surface area (Å²) in [6.45, 7) is 4.77. The number of piperazine rings is 1. The van der Waals surface area contributed by atoms with E-state index in [1.807, 2.05) is 0 Å². The first kappa shape index (κ1) is 23.3. The lowest BCUT2D eigenvalue weighted by Gasteiger charge is -2.43. The summed E-state index contributed by atoms with van der Waals surface area (Å²) in [5.41, 5.74) is -0.208. The van der Waals surface area contributed by atoms with Crippen molar-refractivity contribution in [2.75, 3.05) is 39.3 Å². The van der Waals surface area contributed by atoms with Crippen molar-refractivity contribution in [3.63, 3.8) is 0 Å². The molecule has 34 heavy (non-hydrogen) atoms. The van der Waals surface area contributed by atoms with Gasteiger partial charge in [-0.1, -0.05) is 36.8 Å². The number of rotatable bonds is 5. The number of halogens is 3. The highest BCUT2D eigenvalue weighted by Gasteiger charge is 2.34. The smallest absolute Gasteiger partial charge is 0.338 e. The average Bonchev–Trinajstić information content (AvgIpc) is 3.26. The molecule has 10 heteroatoms. The lowest BCUT2D eigenvalue weighted by molar-refractivity contribution is -0.137. The fraction of sp³-hybridized carbons (Fsp3) is 0.458. The summed E-state index contributed by atoms with van der Waals surface area (Å²) < 4.78 is 58.7. The van der Waals surface area contributed by atoms with Crippen LogP contribution in [0.3, 0.4) is 0 Å². The SMILES string of the molecule is O=S(ON1CCN=C1N1CCN(C2CCC2)CC1)c1ccc(-c2ccccc2C(F)(F)F)cc1. The van der Waals surface area contributed by atoms with Crippen LogP contribution in [0.25, 0.3) is 11.1 Å². The van der Waals surface area contributed by atoms with Gasteiger partial charge in [0.15, 0.2) is 0 Å². The summed E-state index contributed by atoms with van der Waals surface area (Å²) in [6.07, 6.45) is -0.553. The van der Waals surface area contributed by atoms with Gasteiger partial charge in [-0.15, -0.1) is 0 Å². The van der Waals surface area contributed by atoms with Crippen LogP contribution in [0.4, 0.5) is 13.2 Å². The molecule has 1 saturated carbocycles. The van der Waals surface area contributed by atoms with Crippen LogP contribution < -0.4 is 0 Å². The molecule has 2 fully saturated rings. The quantitative estimate of drug-likeness (QED) is 0.627. The van der Waals surface area contributed by atoms with Gasteiger partial charge in [0.2, 0.25) is 17.0 Å². The Balaban J connectivity index is 1.22. The van der Waals surface area contributed by atoms with E-state index in [0.29, 0.717) is 29.5 Å². The average molecular weight is 493 g/mol. The first-order chi connectivity index (χ1) is 16.4. The second-order valence-electron chi connectivity index (χ2n) is 8.77. The number of benzene rings is 2. The van der Waals surface area contributed by atoms with Gasteiger partial charge in [-0.2, -0.15) is 17.5 Å². The van der Waals surface area contributed by atoms with E-state index in [-0.39, 0.29) is 5.56 Å². The maximum absolute atomic E-state index is 13.3. The van der Waals surface area contributed by atoms with E-state index in [1.165, 1.54) is 31.4 Å². The number of alkyl halides is 3. The number of aliphatic imine (C=N–C) groups is 1. The van der Waals surface area contributed by atoms with Gasteiger partial charge in [-0.3, -0.25) is 4.90 Å². The first-order valence-electron chi connectivity index (χ1n) is 11.6. The number of nitrogens with zero attached hydrogens (tertiary/aromatic N) is 4. The Bertz CT molecular complexity index is 1060. The molecule has 0 amide bonds. The van der Waals surface area contributed by atoms with E-state index < -0.39 is 22.8 Å². The van der Waals surface area contributed by atoms with Gasteiger partial charge >= 0.3 is 6.18 Å². The highest BCUT2D eigenvalue weighted by atomic mass is 32.2. The third-order valence-electron chi connectivity index (χ3n) is 6.72. The lowest BCUT2D eigenvalue weighted by atomic mass is 9.91. The molecule has 3 aliphatic rings. The van der Waals surface area contributed by atoms with Crippen molar-refractivity contribution in [3.05, 3.63) is 54.1 Å². The highest BCUT2D eigenvalue weighted by molar-refractivity contribution is 7.80. The molecule has 1 saturated heterocycles. The van der Waals surface area contributed by atoms with Crippen LogP contribution in [0.5, 0.6) is 0 Å². The maximum atomic E-state index is 13.3. The van der Waals surface area contributed by atoms with E-state index in [9.17, 15) is 17.4 Å². The summed E-state index contributed by atoms with van der Waals surface area (Å²) in [4.78, 5) is 9.66. The maximum Gasteiger partial charge on any atom is 0.417 e. The number of hydrogen-bond acceptors (Lipinski definition) is 6. The van der Waals surface area contributed by atoms with Gasteiger partial charge in [0.05, 0.1) is 23.5 Å². The monoisotopic (exact) mass is 492 g/mol. The van der Waals surface area contributed by atoms with Crippen LogP contribution in [0.2, 0.25) is 0 Å². The normalized spacial score (nSPS) is 20.9. The van der Waals surface area contributed by atoms with Gasteiger partial charge in [-0.05, 0) is 42.2 Å². The van der Waals surface area contributed by atoms with Crippen molar-refractivity contribution in [2.45, 2.75) is 36.4 Å². The van der Waals surface area contributed by atoms with Crippen molar-refractivity contribution in [3.8, 4) is 11.1 Å².